The Bertz CT molecular complexity index is 935. The van der Waals surface area contributed by atoms with Crippen LogP contribution in [0.3, 0.4) is 0 Å². The number of halogens is 4. The van der Waals surface area contributed by atoms with Crippen molar-refractivity contribution in [3.05, 3.63) is 69.1 Å². The molecule has 3 rings (SSSR count). The maximum atomic E-state index is 12.4. The van der Waals surface area contributed by atoms with Gasteiger partial charge in [-0.1, -0.05) is 24.3 Å². The SMILES string of the molecule is O=c1n(Cc2ccc(OC(F)(F)F)cc2)nnn1-c1ccccc1Br. The first-order valence-corrected chi connectivity index (χ1v) is 7.75. The molecule has 0 aliphatic heterocycles. The Morgan fingerprint density at radius 1 is 1.04 bits per heavy atom. The minimum absolute atomic E-state index is 0.0651. The van der Waals surface area contributed by atoms with E-state index in [-0.39, 0.29) is 12.3 Å². The summed E-state index contributed by atoms with van der Waals surface area (Å²) in [6, 6.07) is 12.2. The normalized spacial score (nSPS) is 11.5. The highest BCUT2D eigenvalue weighted by molar-refractivity contribution is 9.10. The van der Waals surface area contributed by atoms with Gasteiger partial charge in [0.05, 0.1) is 12.2 Å². The summed E-state index contributed by atoms with van der Waals surface area (Å²) in [5.74, 6) is -0.333. The van der Waals surface area contributed by atoms with Crippen molar-refractivity contribution in [1.29, 1.82) is 0 Å². The van der Waals surface area contributed by atoms with Gasteiger partial charge in [-0.15, -0.1) is 13.2 Å². The maximum absolute atomic E-state index is 12.4. The summed E-state index contributed by atoms with van der Waals surface area (Å²) in [7, 11) is 0. The number of rotatable bonds is 4. The summed E-state index contributed by atoms with van der Waals surface area (Å²) in [6.45, 7) is 0.0651. The van der Waals surface area contributed by atoms with Crippen LogP contribution in [0.2, 0.25) is 0 Å². The lowest BCUT2D eigenvalue weighted by molar-refractivity contribution is -0.274. The van der Waals surface area contributed by atoms with Crippen molar-refractivity contribution in [1.82, 2.24) is 19.8 Å². The Hall–Kier alpha value is -2.62. The minimum atomic E-state index is -4.75. The van der Waals surface area contributed by atoms with E-state index in [2.05, 4.69) is 31.1 Å². The third kappa shape index (κ3) is 4.08. The highest BCUT2D eigenvalue weighted by Gasteiger charge is 2.30. The van der Waals surface area contributed by atoms with Gasteiger partial charge in [0.2, 0.25) is 0 Å². The Balaban J connectivity index is 1.81. The van der Waals surface area contributed by atoms with Crippen LogP contribution in [0.15, 0.2) is 57.8 Å². The zero-order valence-corrected chi connectivity index (χ0v) is 14.0. The van der Waals surface area contributed by atoms with Crippen LogP contribution in [0.1, 0.15) is 5.56 Å². The Morgan fingerprint density at radius 3 is 2.36 bits per heavy atom. The van der Waals surface area contributed by atoms with Crippen molar-refractivity contribution in [2.45, 2.75) is 12.9 Å². The zero-order valence-electron chi connectivity index (χ0n) is 12.4. The molecular weight excluding hydrogens is 405 g/mol. The molecule has 2 aromatic carbocycles. The summed E-state index contributed by atoms with van der Waals surface area (Å²) >= 11 is 3.33. The molecule has 0 fully saturated rings. The summed E-state index contributed by atoms with van der Waals surface area (Å²) in [5, 5.41) is 7.62. The molecule has 1 heterocycles. The van der Waals surface area contributed by atoms with Gasteiger partial charge in [-0.3, -0.25) is 0 Å². The monoisotopic (exact) mass is 414 g/mol. The molecule has 3 aromatic rings. The van der Waals surface area contributed by atoms with Gasteiger partial charge in [0.1, 0.15) is 5.75 Å². The predicted octanol–water partition coefficient (Wildman–Crippen LogP) is 3.14. The summed E-state index contributed by atoms with van der Waals surface area (Å²) in [6.07, 6.45) is -4.75. The molecule has 0 radical (unpaired) electrons. The third-order valence-electron chi connectivity index (χ3n) is 3.21. The molecule has 0 spiro atoms. The number of benzene rings is 2. The fourth-order valence-electron chi connectivity index (χ4n) is 2.12. The lowest BCUT2D eigenvalue weighted by atomic mass is 10.2. The van der Waals surface area contributed by atoms with Crippen LogP contribution in [0.25, 0.3) is 5.69 Å². The van der Waals surface area contributed by atoms with E-state index < -0.39 is 12.1 Å². The van der Waals surface area contributed by atoms with Crippen molar-refractivity contribution in [2.75, 3.05) is 0 Å². The predicted molar refractivity (Wildman–Crippen MR) is 85.5 cm³/mol. The lowest BCUT2D eigenvalue weighted by Crippen LogP contribution is -2.25. The summed E-state index contributed by atoms with van der Waals surface area (Å²) < 4.78 is 43.2. The molecule has 0 atom stereocenters. The van der Waals surface area contributed by atoms with Crippen molar-refractivity contribution >= 4 is 15.9 Å². The Morgan fingerprint density at radius 2 is 1.72 bits per heavy atom. The summed E-state index contributed by atoms with van der Waals surface area (Å²) in [5.41, 5.74) is 0.644. The number of tetrazole rings is 1. The quantitative estimate of drug-likeness (QED) is 0.657. The zero-order chi connectivity index (χ0) is 18.0. The van der Waals surface area contributed by atoms with E-state index in [1.807, 2.05) is 0 Å². The second kappa shape index (κ2) is 6.71. The van der Waals surface area contributed by atoms with Crippen molar-refractivity contribution in [2.24, 2.45) is 0 Å². The molecule has 6 nitrogen and oxygen atoms in total. The fourth-order valence-corrected chi connectivity index (χ4v) is 2.57. The molecule has 130 valence electrons. The molecular formula is C15H10BrF3N4O2. The first kappa shape index (κ1) is 17.2. The number of nitrogens with zero attached hydrogens (tertiary/aromatic N) is 4. The average molecular weight is 415 g/mol. The van der Waals surface area contributed by atoms with Crippen LogP contribution in [0, 0.1) is 0 Å². The number of ether oxygens (including phenoxy) is 1. The van der Waals surface area contributed by atoms with Gasteiger partial charge in [-0.2, -0.15) is 9.36 Å². The Kier molecular flexibility index (Phi) is 4.62. The number of aromatic nitrogens is 4. The number of hydrogen-bond donors (Lipinski definition) is 0. The largest absolute Gasteiger partial charge is 0.573 e. The van der Waals surface area contributed by atoms with E-state index in [0.29, 0.717) is 15.7 Å². The van der Waals surface area contributed by atoms with Gasteiger partial charge in [-0.05, 0) is 56.2 Å². The third-order valence-corrected chi connectivity index (χ3v) is 3.88. The number of hydrogen-bond acceptors (Lipinski definition) is 4. The topological polar surface area (TPSA) is 61.9 Å². The van der Waals surface area contributed by atoms with Crippen LogP contribution in [-0.4, -0.2) is 26.2 Å². The average Bonchev–Trinajstić information content (AvgIpc) is 2.89. The van der Waals surface area contributed by atoms with Gasteiger partial charge in [-0.25, -0.2) is 4.79 Å². The first-order valence-electron chi connectivity index (χ1n) is 6.96. The molecule has 10 heteroatoms. The van der Waals surface area contributed by atoms with Crippen molar-refractivity contribution in [3.63, 3.8) is 0 Å². The van der Waals surface area contributed by atoms with Gasteiger partial charge < -0.3 is 4.74 Å². The van der Waals surface area contributed by atoms with Gasteiger partial charge >= 0.3 is 12.1 Å². The highest BCUT2D eigenvalue weighted by atomic mass is 79.9. The fraction of sp³-hybridized carbons (Fsp3) is 0.133. The summed E-state index contributed by atoms with van der Waals surface area (Å²) in [4.78, 5) is 12.4. The van der Waals surface area contributed by atoms with Gasteiger partial charge in [0.15, 0.2) is 0 Å². The van der Waals surface area contributed by atoms with Crippen LogP contribution in [0.4, 0.5) is 13.2 Å². The molecule has 0 saturated carbocycles. The second-order valence-electron chi connectivity index (χ2n) is 4.97. The van der Waals surface area contributed by atoms with E-state index in [1.165, 1.54) is 24.3 Å². The van der Waals surface area contributed by atoms with E-state index in [4.69, 9.17) is 0 Å². The second-order valence-corrected chi connectivity index (χ2v) is 5.83. The van der Waals surface area contributed by atoms with Crippen LogP contribution in [0.5, 0.6) is 5.75 Å². The van der Waals surface area contributed by atoms with Crippen LogP contribution in [-0.2, 0) is 6.54 Å². The minimum Gasteiger partial charge on any atom is -0.406 e. The van der Waals surface area contributed by atoms with Gasteiger partial charge in [0, 0.05) is 4.47 Å². The standard InChI is InChI=1S/C15H10BrF3N4O2/c16-12-3-1-2-4-13(12)23-14(24)22(20-21-23)9-10-5-7-11(8-6-10)25-15(17,18)19/h1-8H,9H2. The number of alkyl halides is 3. The number of para-hydroxylation sites is 1. The van der Waals surface area contributed by atoms with Crippen molar-refractivity contribution in [3.8, 4) is 11.4 Å². The molecule has 0 N–H and O–H groups in total. The van der Waals surface area contributed by atoms with E-state index in [9.17, 15) is 18.0 Å². The Labute approximate surface area is 147 Å². The van der Waals surface area contributed by atoms with Crippen LogP contribution >= 0.6 is 15.9 Å². The van der Waals surface area contributed by atoms with Crippen molar-refractivity contribution < 1.29 is 17.9 Å². The maximum Gasteiger partial charge on any atom is 0.573 e. The smallest absolute Gasteiger partial charge is 0.406 e. The molecule has 0 bridgehead atoms. The molecule has 0 unspecified atom stereocenters. The molecule has 0 amide bonds. The molecule has 1 aromatic heterocycles. The molecule has 0 aliphatic rings. The molecule has 0 aliphatic carbocycles. The van der Waals surface area contributed by atoms with Gasteiger partial charge in [0.25, 0.3) is 0 Å². The molecule has 25 heavy (non-hydrogen) atoms. The highest BCUT2D eigenvalue weighted by Crippen LogP contribution is 2.23. The van der Waals surface area contributed by atoms with E-state index in [0.717, 1.165) is 9.36 Å². The van der Waals surface area contributed by atoms with E-state index in [1.54, 1.807) is 24.3 Å². The lowest BCUT2D eigenvalue weighted by Gasteiger charge is -2.09. The van der Waals surface area contributed by atoms with E-state index >= 15 is 0 Å². The van der Waals surface area contributed by atoms with Crippen LogP contribution < -0.4 is 10.4 Å². The first-order chi connectivity index (χ1) is 11.8. The molecule has 0 saturated heterocycles.